The first-order valence-electron chi connectivity index (χ1n) is 14.4. The van der Waals surface area contributed by atoms with Crippen LogP contribution in [0.3, 0.4) is 0 Å². The Morgan fingerprint density at radius 2 is 1.70 bits per heavy atom. The number of carbonyl (C=O) groups excluding carboxylic acids is 3. The van der Waals surface area contributed by atoms with Gasteiger partial charge in [-0.1, -0.05) is 23.2 Å². The summed E-state index contributed by atoms with van der Waals surface area (Å²) in [5.74, 6) is -2.01. The molecule has 2 aromatic rings. The highest BCUT2D eigenvalue weighted by molar-refractivity contribution is 6.39. The van der Waals surface area contributed by atoms with Gasteiger partial charge < -0.3 is 14.4 Å². The summed E-state index contributed by atoms with van der Waals surface area (Å²) in [5, 5.41) is 3.99. The fourth-order valence-corrected chi connectivity index (χ4v) is 7.20. The lowest BCUT2D eigenvalue weighted by atomic mass is 9.74. The van der Waals surface area contributed by atoms with Gasteiger partial charge in [0.25, 0.3) is 5.91 Å². The number of fused-ring (bicyclic) bond motifs is 2. The van der Waals surface area contributed by atoms with Crippen molar-refractivity contribution in [2.45, 2.75) is 89.1 Å². The third-order valence-electron chi connectivity index (χ3n) is 8.96. The number of hydrogen-bond donors (Lipinski definition) is 0. The van der Waals surface area contributed by atoms with Gasteiger partial charge in [-0.15, -0.1) is 0 Å². The Hall–Kier alpha value is -2.70. The molecule has 2 aromatic heterocycles. The van der Waals surface area contributed by atoms with Crippen molar-refractivity contribution in [3.8, 4) is 0 Å². The molecule has 1 saturated carbocycles. The number of halogens is 5. The van der Waals surface area contributed by atoms with Gasteiger partial charge in [-0.3, -0.25) is 24.0 Å². The number of alkyl halides is 3. The average molecular weight is 646 g/mol. The Kier molecular flexibility index (Phi) is 8.85. The van der Waals surface area contributed by atoms with Gasteiger partial charge >= 0.3 is 12.1 Å². The molecule has 0 N–H and O–H groups in total. The van der Waals surface area contributed by atoms with Crippen molar-refractivity contribution >= 4 is 40.9 Å². The predicted octanol–water partition coefficient (Wildman–Crippen LogP) is 6.32. The number of ether oxygens (including phenoxy) is 2. The highest BCUT2D eigenvalue weighted by atomic mass is 35.5. The number of rotatable bonds is 9. The molecule has 9 nitrogen and oxygen atoms in total. The van der Waals surface area contributed by atoms with Crippen molar-refractivity contribution in [3.63, 3.8) is 0 Å². The molecule has 2 aliphatic heterocycles. The minimum Gasteiger partial charge on any atom is -0.466 e. The number of carbonyl (C=O) groups is 3. The Labute approximate surface area is 257 Å². The van der Waals surface area contributed by atoms with Crippen LogP contribution in [-0.4, -0.2) is 68.7 Å². The van der Waals surface area contributed by atoms with Crippen molar-refractivity contribution in [3.05, 3.63) is 45.5 Å². The maximum atomic E-state index is 14.6. The fraction of sp³-hybridized carbons (Fsp3) is 0.621. The topological polar surface area (TPSA) is 104 Å². The van der Waals surface area contributed by atoms with Crippen LogP contribution in [0.4, 0.5) is 13.2 Å². The van der Waals surface area contributed by atoms with Gasteiger partial charge in [0.15, 0.2) is 11.5 Å². The van der Waals surface area contributed by atoms with E-state index in [0.717, 1.165) is 28.6 Å². The van der Waals surface area contributed by atoms with Gasteiger partial charge in [-0.25, -0.2) is 0 Å². The maximum Gasteiger partial charge on any atom is 0.433 e. The predicted molar refractivity (Wildman–Crippen MR) is 150 cm³/mol. The van der Waals surface area contributed by atoms with E-state index in [0.29, 0.717) is 25.7 Å². The Morgan fingerprint density at radius 3 is 2.23 bits per heavy atom. The minimum absolute atomic E-state index is 0.0248. The quantitative estimate of drug-likeness (QED) is 0.232. The number of ketones is 1. The van der Waals surface area contributed by atoms with E-state index < -0.39 is 52.7 Å². The molecule has 43 heavy (non-hydrogen) atoms. The Morgan fingerprint density at radius 1 is 1.07 bits per heavy atom. The van der Waals surface area contributed by atoms with Gasteiger partial charge in [0, 0.05) is 12.4 Å². The monoisotopic (exact) mass is 644 g/mol. The summed E-state index contributed by atoms with van der Waals surface area (Å²) >= 11 is 12.4. The Bertz CT molecular complexity index is 1380. The summed E-state index contributed by atoms with van der Waals surface area (Å²) in [6, 6.07) is -0.683. The summed E-state index contributed by atoms with van der Waals surface area (Å²) in [6.07, 6.45) is 2.39. The lowest BCUT2D eigenvalue weighted by molar-refractivity contribution is -0.157. The van der Waals surface area contributed by atoms with Crippen LogP contribution in [-0.2, 0) is 20.4 Å². The maximum absolute atomic E-state index is 14.6. The van der Waals surface area contributed by atoms with E-state index in [-0.39, 0.29) is 53.7 Å². The first-order chi connectivity index (χ1) is 20.3. The van der Waals surface area contributed by atoms with Gasteiger partial charge in [0.1, 0.15) is 0 Å². The van der Waals surface area contributed by atoms with Gasteiger partial charge in [-0.05, 0) is 65.2 Å². The van der Waals surface area contributed by atoms with E-state index in [1.54, 1.807) is 13.8 Å². The van der Waals surface area contributed by atoms with Crippen LogP contribution in [0, 0.1) is 5.41 Å². The van der Waals surface area contributed by atoms with Crippen molar-refractivity contribution in [2.24, 2.45) is 5.41 Å². The van der Waals surface area contributed by atoms with Crippen molar-refractivity contribution in [1.82, 2.24) is 19.7 Å². The summed E-state index contributed by atoms with van der Waals surface area (Å²) in [7, 11) is 0. The summed E-state index contributed by atoms with van der Waals surface area (Å²) in [4.78, 5) is 44.8. The van der Waals surface area contributed by atoms with E-state index in [2.05, 4.69) is 10.1 Å². The molecular formula is C29H33Cl2F3N4O5. The van der Waals surface area contributed by atoms with E-state index in [9.17, 15) is 27.6 Å². The first-order valence-corrected chi connectivity index (χ1v) is 15.1. The zero-order valence-electron chi connectivity index (χ0n) is 23.9. The minimum atomic E-state index is -4.92. The van der Waals surface area contributed by atoms with E-state index in [1.807, 2.05) is 0 Å². The second-order valence-corrected chi connectivity index (χ2v) is 12.7. The molecule has 0 radical (unpaired) electrons. The number of nitrogens with zero attached hydrogens (tertiary/aromatic N) is 4. The van der Waals surface area contributed by atoms with Gasteiger partial charge in [0.05, 0.1) is 70.2 Å². The normalized spacial score (nSPS) is 26.9. The number of amides is 1. The van der Waals surface area contributed by atoms with Crippen molar-refractivity contribution < 1.29 is 37.0 Å². The van der Waals surface area contributed by atoms with E-state index >= 15 is 0 Å². The molecule has 0 aromatic carbocycles. The molecule has 3 aliphatic rings. The molecule has 234 valence electrons. The lowest BCUT2D eigenvalue weighted by Gasteiger charge is -2.36. The summed E-state index contributed by atoms with van der Waals surface area (Å²) in [6.45, 7) is 3.02. The fourth-order valence-electron chi connectivity index (χ4n) is 6.62. The van der Waals surface area contributed by atoms with Gasteiger partial charge in [0.2, 0.25) is 0 Å². The number of hydrogen-bond acceptors (Lipinski definition) is 7. The van der Waals surface area contributed by atoms with Crippen molar-refractivity contribution in [1.29, 1.82) is 0 Å². The van der Waals surface area contributed by atoms with Crippen LogP contribution in [0.1, 0.15) is 97.7 Å². The number of Topliss-reactive ketones (excluding diaryl/α,β-unsaturated/α-hetero) is 1. The standard InChI is InChI=1S/C29H33Cl2F3N4O5/c1-3-42-26(41)27(2)8-4-17(5-9-27)38-24(29(32,33)34)19(12-36-38)25(40)37(16-28-10-6-18(43-28)7-11-28)15-22(39)23-20(30)13-35-14-21(23)31/h12-14,17-18H,3-11,15-16H2,1-2H3/t17-,18?,27-,28?. The third-order valence-corrected chi connectivity index (χ3v) is 9.53. The second kappa shape index (κ2) is 12.0. The zero-order chi connectivity index (χ0) is 31.2. The van der Waals surface area contributed by atoms with Crippen LogP contribution in [0.2, 0.25) is 10.0 Å². The molecule has 0 unspecified atom stereocenters. The number of esters is 1. The van der Waals surface area contributed by atoms with Crippen LogP contribution in [0.25, 0.3) is 0 Å². The van der Waals surface area contributed by atoms with Crippen LogP contribution in [0.5, 0.6) is 0 Å². The molecule has 2 saturated heterocycles. The molecule has 5 rings (SSSR count). The SMILES string of the molecule is CCOC(=O)[C@]1(C)CC[C@@H](n2ncc(C(=O)N(CC(=O)c3c(Cl)cncc3Cl)CC34CCC(CC3)O4)c2C(F)(F)F)CC1. The highest BCUT2D eigenvalue weighted by Gasteiger charge is 2.50. The molecule has 0 atom stereocenters. The van der Waals surface area contributed by atoms with E-state index in [1.165, 1.54) is 12.4 Å². The molecule has 1 aliphatic carbocycles. The molecular weight excluding hydrogens is 612 g/mol. The number of pyridine rings is 1. The smallest absolute Gasteiger partial charge is 0.433 e. The van der Waals surface area contributed by atoms with Crippen molar-refractivity contribution in [2.75, 3.05) is 19.7 Å². The van der Waals surface area contributed by atoms with Gasteiger partial charge in [-0.2, -0.15) is 18.3 Å². The molecule has 1 amide bonds. The van der Waals surface area contributed by atoms with Crippen LogP contribution < -0.4 is 0 Å². The molecule has 14 heteroatoms. The highest BCUT2D eigenvalue weighted by Crippen LogP contribution is 2.46. The molecule has 2 bridgehead atoms. The number of aromatic nitrogens is 3. The van der Waals surface area contributed by atoms with Crippen LogP contribution >= 0.6 is 23.2 Å². The largest absolute Gasteiger partial charge is 0.466 e. The third kappa shape index (κ3) is 6.28. The average Bonchev–Trinajstić information content (AvgIpc) is 3.67. The molecule has 0 spiro atoms. The summed E-state index contributed by atoms with van der Waals surface area (Å²) in [5.41, 5.74) is -3.46. The van der Waals surface area contributed by atoms with E-state index in [4.69, 9.17) is 32.7 Å². The van der Waals surface area contributed by atoms with Crippen LogP contribution in [0.15, 0.2) is 18.6 Å². The molecule has 4 heterocycles. The Balaban J connectivity index is 1.45. The first kappa shape index (κ1) is 31.7. The lowest BCUT2D eigenvalue weighted by Crippen LogP contribution is -2.47. The molecule has 3 fully saturated rings. The summed E-state index contributed by atoms with van der Waals surface area (Å²) < 4.78 is 56.1. The second-order valence-electron chi connectivity index (χ2n) is 11.9. The zero-order valence-corrected chi connectivity index (χ0v) is 25.4.